The van der Waals surface area contributed by atoms with E-state index in [0.717, 1.165) is 12.2 Å². The SMILES string of the molecule is CB(O)N1C(CCO)CSC1(C)C. The molecular formula is C8H18BNO2S. The fraction of sp³-hybridized carbons (Fsp3) is 1.00. The van der Waals surface area contributed by atoms with Crippen molar-refractivity contribution in [2.24, 2.45) is 0 Å². The van der Waals surface area contributed by atoms with Crippen molar-refractivity contribution in [3.63, 3.8) is 0 Å². The second-order valence-electron chi connectivity index (χ2n) is 3.96. The molecule has 0 saturated carbocycles. The van der Waals surface area contributed by atoms with E-state index in [-0.39, 0.29) is 11.5 Å². The second-order valence-corrected chi connectivity index (χ2v) is 5.58. The highest BCUT2D eigenvalue weighted by atomic mass is 32.2. The Morgan fingerprint density at radius 1 is 1.62 bits per heavy atom. The molecule has 1 rings (SSSR count). The Hall–Kier alpha value is 0.295. The lowest BCUT2D eigenvalue weighted by Crippen LogP contribution is -2.50. The van der Waals surface area contributed by atoms with Crippen LogP contribution in [0, 0.1) is 0 Å². The van der Waals surface area contributed by atoms with Gasteiger partial charge in [0.25, 0.3) is 0 Å². The standard InChI is InChI=1S/C8H18BNO2S/c1-8(2)10(9(3)12)7(4-5-11)6-13-8/h7,11-12H,4-6H2,1-3H3. The third-order valence-corrected chi connectivity index (χ3v) is 3.98. The molecule has 0 spiro atoms. The molecule has 1 saturated heterocycles. The molecule has 1 aliphatic rings. The molecule has 0 amide bonds. The van der Waals surface area contributed by atoms with Crippen molar-refractivity contribution in [1.82, 2.24) is 4.81 Å². The summed E-state index contributed by atoms with van der Waals surface area (Å²) in [5.41, 5.74) is 0. The van der Waals surface area contributed by atoms with Gasteiger partial charge in [-0.2, -0.15) is 0 Å². The predicted molar refractivity (Wildman–Crippen MR) is 57.7 cm³/mol. The Morgan fingerprint density at radius 2 is 2.23 bits per heavy atom. The summed E-state index contributed by atoms with van der Waals surface area (Å²) in [5, 5.41) is 18.5. The van der Waals surface area contributed by atoms with Gasteiger partial charge in [0.15, 0.2) is 0 Å². The number of hydrogen-bond acceptors (Lipinski definition) is 4. The Kier molecular flexibility index (Phi) is 3.68. The zero-order valence-electron chi connectivity index (χ0n) is 8.53. The monoisotopic (exact) mass is 203 g/mol. The summed E-state index contributed by atoms with van der Waals surface area (Å²) < 4.78 is 0. The largest absolute Gasteiger partial charge is 0.437 e. The minimum atomic E-state index is -0.429. The first-order chi connectivity index (χ1) is 5.99. The zero-order chi connectivity index (χ0) is 10.1. The van der Waals surface area contributed by atoms with Gasteiger partial charge in [0.05, 0.1) is 4.87 Å². The zero-order valence-corrected chi connectivity index (χ0v) is 9.34. The van der Waals surface area contributed by atoms with Crippen molar-refractivity contribution in [2.75, 3.05) is 12.4 Å². The number of aliphatic hydroxyl groups is 1. The first-order valence-electron chi connectivity index (χ1n) is 4.70. The third-order valence-electron chi connectivity index (χ3n) is 2.51. The summed E-state index contributed by atoms with van der Waals surface area (Å²) in [6, 6.07) is 0.310. The summed E-state index contributed by atoms with van der Waals surface area (Å²) >= 11 is 1.84. The Labute approximate surface area is 84.6 Å². The lowest BCUT2D eigenvalue weighted by atomic mass is 9.81. The van der Waals surface area contributed by atoms with Gasteiger partial charge in [-0.3, -0.25) is 0 Å². The molecule has 0 aromatic heterocycles. The maximum absolute atomic E-state index is 9.62. The van der Waals surface area contributed by atoms with Crippen LogP contribution in [0.3, 0.4) is 0 Å². The minimum absolute atomic E-state index is 0.00595. The molecule has 1 aliphatic heterocycles. The number of thioether (sulfide) groups is 1. The van der Waals surface area contributed by atoms with Gasteiger partial charge in [0.2, 0.25) is 0 Å². The van der Waals surface area contributed by atoms with Crippen LogP contribution < -0.4 is 0 Å². The van der Waals surface area contributed by atoms with Crippen molar-refractivity contribution in [1.29, 1.82) is 0 Å². The van der Waals surface area contributed by atoms with Crippen molar-refractivity contribution in [3.05, 3.63) is 0 Å². The van der Waals surface area contributed by atoms with Gasteiger partial charge in [-0.1, -0.05) is 0 Å². The molecule has 3 nitrogen and oxygen atoms in total. The van der Waals surface area contributed by atoms with Gasteiger partial charge in [-0.15, -0.1) is 11.8 Å². The molecule has 2 N–H and O–H groups in total. The highest BCUT2D eigenvalue weighted by Gasteiger charge is 2.43. The van der Waals surface area contributed by atoms with Gasteiger partial charge >= 0.3 is 7.05 Å². The van der Waals surface area contributed by atoms with Crippen LogP contribution in [0.4, 0.5) is 0 Å². The second kappa shape index (κ2) is 4.21. The smallest absolute Gasteiger partial charge is 0.377 e. The number of hydrogen-bond donors (Lipinski definition) is 2. The number of nitrogens with zero attached hydrogens (tertiary/aromatic N) is 1. The van der Waals surface area contributed by atoms with Gasteiger partial charge in [-0.25, -0.2) is 0 Å². The van der Waals surface area contributed by atoms with E-state index in [9.17, 15) is 5.02 Å². The van der Waals surface area contributed by atoms with Crippen LogP contribution in [-0.2, 0) is 0 Å². The topological polar surface area (TPSA) is 43.7 Å². The number of rotatable bonds is 3. The van der Waals surface area contributed by atoms with Crippen molar-refractivity contribution >= 4 is 18.8 Å². The van der Waals surface area contributed by atoms with E-state index in [2.05, 4.69) is 18.7 Å². The van der Waals surface area contributed by atoms with Crippen LogP contribution >= 0.6 is 11.8 Å². The van der Waals surface area contributed by atoms with Crippen LogP contribution in [0.25, 0.3) is 0 Å². The third kappa shape index (κ3) is 2.40. The normalized spacial score (nSPS) is 27.9. The lowest BCUT2D eigenvalue weighted by Gasteiger charge is -2.35. The molecule has 5 heteroatoms. The van der Waals surface area contributed by atoms with Crippen LogP contribution in [0.15, 0.2) is 0 Å². The maximum Gasteiger partial charge on any atom is 0.377 e. The van der Waals surface area contributed by atoms with Crippen molar-refractivity contribution in [2.45, 2.75) is 38.0 Å². The predicted octanol–water partition coefficient (Wildman–Crippen LogP) is 0.633. The van der Waals surface area contributed by atoms with Gasteiger partial charge < -0.3 is 14.9 Å². The number of aliphatic hydroxyl groups excluding tert-OH is 1. The molecule has 0 aromatic rings. The molecule has 0 aliphatic carbocycles. The molecule has 1 heterocycles. The minimum Gasteiger partial charge on any atom is -0.437 e. The fourth-order valence-electron chi connectivity index (χ4n) is 2.02. The van der Waals surface area contributed by atoms with Crippen LogP contribution in [0.5, 0.6) is 0 Å². The molecule has 0 aromatic carbocycles. The summed E-state index contributed by atoms with van der Waals surface area (Å²) in [5.74, 6) is 0.998. The highest BCUT2D eigenvalue weighted by molar-refractivity contribution is 8.00. The van der Waals surface area contributed by atoms with Gasteiger partial charge in [0, 0.05) is 18.4 Å². The van der Waals surface area contributed by atoms with E-state index in [0.29, 0.717) is 6.04 Å². The molecule has 76 valence electrons. The van der Waals surface area contributed by atoms with Crippen LogP contribution in [-0.4, -0.2) is 45.3 Å². The van der Waals surface area contributed by atoms with Gasteiger partial charge in [0.1, 0.15) is 0 Å². The average Bonchev–Trinajstić information content (AvgIpc) is 2.26. The van der Waals surface area contributed by atoms with E-state index >= 15 is 0 Å². The molecule has 13 heavy (non-hydrogen) atoms. The lowest BCUT2D eigenvalue weighted by molar-refractivity contribution is 0.200. The highest BCUT2D eigenvalue weighted by Crippen LogP contribution is 2.39. The summed E-state index contributed by atoms with van der Waals surface area (Å²) in [4.78, 5) is 2.07. The Morgan fingerprint density at radius 3 is 2.69 bits per heavy atom. The van der Waals surface area contributed by atoms with E-state index in [1.54, 1.807) is 6.82 Å². The molecule has 0 bridgehead atoms. The molecule has 0 radical (unpaired) electrons. The molecule has 1 atom stereocenters. The van der Waals surface area contributed by atoms with E-state index < -0.39 is 7.05 Å². The Bertz CT molecular complexity index is 178. The quantitative estimate of drug-likeness (QED) is 0.660. The fourth-order valence-corrected chi connectivity index (χ4v) is 3.40. The van der Waals surface area contributed by atoms with E-state index in [1.165, 1.54) is 0 Å². The Balaban J connectivity index is 2.68. The molecule has 1 unspecified atom stereocenters. The maximum atomic E-state index is 9.62. The first-order valence-corrected chi connectivity index (χ1v) is 5.69. The van der Waals surface area contributed by atoms with E-state index in [1.807, 2.05) is 11.8 Å². The van der Waals surface area contributed by atoms with Crippen molar-refractivity contribution in [3.8, 4) is 0 Å². The molecule has 1 fully saturated rings. The van der Waals surface area contributed by atoms with Gasteiger partial charge in [-0.05, 0) is 27.1 Å². The van der Waals surface area contributed by atoms with Crippen LogP contribution in [0.1, 0.15) is 20.3 Å². The summed E-state index contributed by atoms with van der Waals surface area (Å²) in [6.45, 7) is 6.21. The van der Waals surface area contributed by atoms with Crippen LogP contribution in [0.2, 0.25) is 6.82 Å². The summed E-state index contributed by atoms with van der Waals surface area (Å²) in [7, 11) is -0.429. The average molecular weight is 203 g/mol. The van der Waals surface area contributed by atoms with E-state index in [4.69, 9.17) is 5.11 Å². The first kappa shape index (κ1) is 11.4. The summed E-state index contributed by atoms with van der Waals surface area (Å²) in [6.07, 6.45) is 0.751. The molecular weight excluding hydrogens is 185 g/mol. The van der Waals surface area contributed by atoms with Crippen molar-refractivity contribution < 1.29 is 10.1 Å².